The third-order valence-electron chi connectivity index (χ3n) is 4.24. The Morgan fingerprint density at radius 2 is 2.14 bits per heavy atom. The predicted molar refractivity (Wildman–Crippen MR) is 111 cm³/mol. The molecule has 7 nitrogen and oxygen atoms in total. The van der Waals surface area contributed by atoms with Crippen LogP contribution in [0.5, 0.6) is 5.88 Å². The number of aromatic nitrogens is 2. The molecule has 0 unspecified atom stereocenters. The smallest absolute Gasteiger partial charge is 0.248 e. The number of pyridine rings is 1. The molecule has 1 aromatic carbocycles. The maximum absolute atomic E-state index is 12.3. The van der Waals surface area contributed by atoms with E-state index in [2.05, 4.69) is 16.4 Å². The third-order valence-corrected chi connectivity index (χ3v) is 4.24. The summed E-state index contributed by atoms with van der Waals surface area (Å²) in [6.07, 6.45) is 7.19. The summed E-state index contributed by atoms with van der Waals surface area (Å²) in [5.41, 5.74) is 2.54. The molecule has 3 rings (SSSR count). The standard InChI is InChI=1S/C22H22N4O3/c1-28-13-14-29-22-10-8-18(15-24-22)25-21(27)9-7-17-16-26(12-4-11-23)20-6-3-2-5-19(17)20/h2-3,5-10,15-16H,4,12-14H2,1H3,(H,25,27)/b9-7+. The second-order valence-corrected chi connectivity index (χ2v) is 6.25. The van der Waals surface area contributed by atoms with Crippen molar-refractivity contribution in [3.05, 3.63) is 60.4 Å². The molecule has 0 atom stereocenters. The van der Waals surface area contributed by atoms with Crippen LogP contribution < -0.4 is 10.1 Å². The lowest BCUT2D eigenvalue weighted by molar-refractivity contribution is -0.111. The van der Waals surface area contributed by atoms with Gasteiger partial charge in [-0.3, -0.25) is 4.79 Å². The lowest BCUT2D eigenvalue weighted by atomic mass is 10.1. The minimum atomic E-state index is -0.256. The Labute approximate surface area is 169 Å². The SMILES string of the molecule is COCCOc1ccc(NC(=O)/C=C/c2cn(CCC#N)c3ccccc23)cn1. The van der Waals surface area contributed by atoms with E-state index in [1.807, 2.05) is 35.0 Å². The molecular formula is C22H22N4O3. The molecule has 1 amide bonds. The molecule has 29 heavy (non-hydrogen) atoms. The van der Waals surface area contributed by atoms with E-state index < -0.39 is 0 Å². The number of para-hydroxylation sites is 1. The summed E-state index contributed by atoms with van der Waals surface area (Å²) in [6.45, 7) is 1.51. The molecule has 7 heteroatoms. The van der Waals surface area contributed by atoms with Crippen molar-refractivity contribution in [3.63, 3.8) is 0 Å². The van der Waals surface area contributed by atoms with Crippen LogP contribution in [-0.4, -0.2) is 35.8 Å². The van der Waals surface area contributed by atoms with E-state index in [1.54, 1.807) is 31.5 Å². The molecule has 0 saturated carbocycles. The van der Waals surface area contributed by atoms with Crippen LogP contribution in [0.3, 0.4) is 0 Å². The zero-order chi connectivity index (χ0) is 20.5. The molecule has 1 N–H and O–H groups in total. The summed E-state index contributed by atoms with van der Waals surface area (Å²) in [6, 6.07) is 13.5. The highest BCUT2D eigenvalue weighted by atomic mass is 16.5. The summed E-state index contributed by atoms with van der Waals surface area (Å²) >= 11 is 0. The molecule has 0 spiro atoms. The molecule has 2 heterocycles. The van der Waals surface area contributed by atoms with Crippen LogP contribution in [0.4, 0.5) is 5.69 Å². The van der Waals surface area contributed by atoms with Crippen molar-refractivity contribution in [2.45, 2.75) is 13.0 Å². The van der Waals surface area contributed by atoms with Crippen LogP contribution in [-0.2, 0) is 16.1 Å². The van der Waals surface area contributed by atoms with Gasteiger partial charge in [-0.15, -0.1) is 0 Å². The molecule has 148 valence electrons. The number of fused-ring (bicyclic) bond motifs is 1. The van der Waals surface area contributed by atoms with Crippen molar-refractivity contribution in [3.8, 4) is 11.9 Å². The van der Waals surface area contributed by atoms with Gasteiger partial charge in [-0.25, -0.2) is 4.98 Å². The van der Waals surface area contributed by atoms with Gasteiger partial charge in [0.1, 0.15) is 6.61 Å². The number of carbonyl (C=O) groups excluding carboxylic acids is 1. The van der Waals surface area contributed by atoms with E-state index in [0.29, 0.717) is 37.7 Å². The first-order chi connectivity index (χ1) is 14.2. The molecule has 0 aliphatic heterocycles. The molecule has 0 bridgehead atoms. The highest BCUT2D eigenvalue weighted by Crippen LogP contribution is 2.23. The van der Waals surface area contributed by atoms with Gasteiger partial charge in [-0.05, 0) is 18.2 Å². The van der Waals surface area contributed by atoms with Gasteiger partial charge < -0.3 is 19.4 Å². The normalized spacial score (nSPS) is 10.9. The Kier molecular flexibility index (Phi) is 6.98. The topological polar surface area (TPSA) is 89.2 Å². The Balaban J connectivity index is 1.65. The van der Waals surface area contributed by atoms with E-state index >= 15 is 0 Å². The molecule has 0 aliphatic carbocycles. The minimum absolute atomic E-state index is 0.256. The van der Waals surface area contributed by atoms with Crippen molar-refractivity contribution in [2.75, 3.05) is 25.6 Å². The number of benzene rings is 1. The lowest BCUT2D eigenvalue weighted by Gasteiger charge is -2.05. The third kappa shape index (κ3) is 5.43. The van der Waals surface area contributed by atoms with Gasteiger partial charge in [-0.2, -0.15) is 5.26 Å². The molecule has 2 aromatic heterocycles. The number of nitriles is 1. The quantitative estimate of drug-likeness (QED) is 0.445. The lowest BCUT2D eigenvalue weighted by Crippen LogP contribution is -2.09. The van der Waals surface area contributed by atoms with E-state index in [-0.39, 0.29) is 5.91 Å². The number of nitrogens with one attached hydrogen (secondary N) is 1. The van der Waals surface area contributed by atoms with Crippen LogP contribution >= 0.6 is 0 Å². The van der Waals surface area contributed by atoms with Crippen LogP contribution in [0.15, 0.2) is 54.9 Å². The van der Waals surface area contributed by atoms with Crippen LogP contribution in [0, 0.1) is 11.3 Å². The first kappa shape index (κ1) is 20.1. The summed E-state index contributed by atoms with van der Waals surface area (Å²) in [5.74, 6) is 0.217. The molecule has 0 saturated heterocycles. The Hall–Kier alpha value is -3.63. The van der Waals surface area contributed by atoms with Gasteiger partial charge in [0.05, 0.1) is 31.0 Å². The molecule has 0 radical (unpaired) electrons. The molecule has 0 aliphatic rings. The second-order valence-electron chi connectivity index (χ2n) is 6.25. The summed E-state index contributed by atoms with van der Waals surface area (Å²) in [7, 11) is 1.60. The highest BCUT2D eigenvalue weighted by Gasteiger charge is 2.06. The summed E-state index contributed by atoms with van der Waals surface area (Å²) < 4.78 is 12.3. The molecular weight excluding hydrogens is 368 g/mol. The average Bonchev–Trinajstić information content (AvgIpc) is 3.10. The van der Waals surface area contributed by atoms with Crippen molar-refractivity contribution in [1.82, 2.24) is 9.55 Å². The molecule has 0 fully saturated rings. The van der Waals surface area contributed by atoms with Crippen molar-refractivity contribution >= 4 is 28.6 Å². The van der Waals surface area contributed by atoms with Gasteiger partial charge >= 0.3 is 0 Å². The number of anilines is 1. The van der Waals surface area contributed by atoms with Crippen molar-refractivity contribution < 1.29 is 14.3 Å². The van der Waals surface area contributed by atoms with Gasteiger partial charge in [0.15, 0.2) is 0 Å². The Morgan fingerprint density at radius 1 is 1.28 bits per heavy atom. The fraction of sp³-hybridized carbons (Fsp3) is 0.227. The Morgan fingerprint density at radius 3 is 2.90 bits per heavy atom. The van der Waals surface area contributed by atoms with Crippen LogP contribution in [0.25, 0.3) is 17.0 Å². The number of aryl methyl sites for hydroxylation is 1. The maximum atomic E-state index is 12.3. The number of ether oxygens (including phenoxy) is 2. The first-order valence-corrected chi connectivity index (χ1v) is 9.23. The number of hydrogen-bond donors (Lipinski definition) is 1. The number of nitrogens with zero attached hydrogens (tertiary/aromatic N) is 3. The zero-order valence-electron chi connectivity index (χ0n) is 16.2. The zero-order valence-corrected chi connectivity index (χ0v) is 16.2. The monoisotopic (exact) mass is 390 g/mol. The average molecular weight is 390 g/mol. The summed E-state index contributed by atoms with van der Waals surface area (Å²) in [4.78, 5) is 16.4. The van der Waals surface area contributed by atoms with Gasteiger partial charge in [0.25, 0.3) is 0 Å². The van der Waals surface area contributed by atoms with E-state index in [9.17, 15) is 4.79 Å². The van der Waals surface area contributed by atoms with Crippen molar-refractivity contribution in [2.24, 2.45) is 0 Å². The van der Waals surface area contributed by atoms with Gasteiger partial charge in [0.2, 0.25) is 11.8 Å². The second kappa shape index (κ2) is 10.1. The minimum Gasteiger partial charge on any atom is -0.475 e. The van der Waals surface area contributed by atoms with Gasteiger partial charge in [-0.1, -0.05) is 18.2 Å². The molecule has 3 aromatic rings. The fourth-order valence-corrected chi connectivity index (χ4v) is 2.88. The van der Waals surface area contributed by atoms with Crippen molar-refractivity contribution in [1.29, 1.82) is 5.26 Å². The number of rotatable bonds is 9. The van der Waals surface area contributed by atoms with Gasteiger partial charge in [0, 0.05) is 48.5 Å². The van der Waals surface area contributed by atoms with E-state index in [0.717, 1.165) is 16.5 Å². The number of carbonyl (C=O) groups is 1. The number of methoxy groups -OCH3 is 1. The highest BCUT2D eigenvalue weighted by molar-refractivity contribution is 6.03. The van der Waals surface area contributed by atoms with E-state index in [1.165, 1.54) is 6.08 Å². The number of hydrogen-bond acceptors (Lipinski definition) is 5. The predicted octanol–water partition coefficient (Wildman–Crippen LogP) is 3.63. The number of amides is 1. The van der Waals surface area contributed by atoms with Crippen LogP contribution in [0.2, 0.25) is 0 Å². The first-order valence-electron chi connectivity index (χ1n) is 9.23. The van der Waals surface area contributed by atoms with E-state index in [4.69, 9.17) is 14.7 Å². The van der Waals surface area contributed by atoms with Crippen LogP contribution in [0.1, 0.15) is 12.0 Å². The Bertz CT molecular complexity index is 1030. The largest absolute Gasteiger partial charge is 0.475 e. The maximum Gasteiger partial charge on any atom is 0.248 e. The summed E-state index contributed by atoms with van der Waals surface area (Å²) in [5, 5.41) is 12.7. The fourth-order valence-electron chi connectivity index (χ4n) is 2.88.